The molecule has 0 aliphatic heterocycles. The number of nitrogens with two attached hydrogens (primary N) is 1. The lowest BCUT2D eigenvalue weighted by Crippen LogP contribution is -2.25. The average Bonchev–Trinajstić information content (AvgIpc) is 2.91. The third-order valence-electron chi connectivity index (χ3n) is 3.32. The highest BCUT2D eigenvalue weighted by molar-refractivity contribution is 7.99. The molecule has 0 saturated heterocycles. The standard InChI is InChI=1S/C16H21NS2/c1-4-14(17)16(13-7-8-18-10-13)19-15-6-5-11(2)9-12(15)3/h5-10,14,16H,4,17H2,1-3H3. The second kappa shape index (κ2) is 6.60. The van der Waals surface area contributed by atoms with Gasteiger partial charge in [0, 0.05) is 10.9 Å². The van der Waals surface area contributed by atoms with Crippen molar-refractivity contribution in [3.05, 3.63) is 51.7 Å². The normalized spacial score (nSPS) is 14.3. The highest BCUT2D eigenvalue weighted by atomic mass is 32.2. The topological polar surface area (TPSA) is 26.0 Å². The highest BCUT2D eigenvalue weighted by Gasteiger charge is 2.21. The van der Waals surface area contributed by atoms with Crippen LogP contribution in [0.4, 0.5) is 0 Å². The van der Waals surface area contributed by atoms with Crippen LogP contribution in [-0.2, 0) is 0 Å². The number of aryl methyl sites for hydroxylation is 2. The van der Waals surface area contributed by atoms with E-state index in [4.69, 9.17) is 5.73 Å². The number of benzene rings is 1. The highest BCUT2D eigenvalue weighted by Crippen LogP contribution is 2.40. The van der Waals surface area contributed by atoms with Crippen molar-refractivity contribution in [3.63, 3.8) is 0 Å². The molecule has 2 atom stereocenters. The van der Waals surface area contributed by atoms with Gasteiger partial charge in [0.05, 0.1) is 5.25 Å². The van der Waals surface area contributed by atoms with Gasteiger partial charge >= 0.3 is 0 Å². The van der Waals surface area contributed by atoms with Gasteiger partial charge in [0.15, 0.2) is 0 Å². The Morgan fingerprint density at radius 1 is 1.26 bits per heavy atom. The molecule has 0 saturated carbocycles. The first-order chi connectivity index (χ1) is 9.11. The molecule has 19 heavy (non-hydrogen) atoms. The van der Waals surface area contributed by atoms with Crippen LogP contribution in [0.1, 0.15) is 35.3 Å². The van der Waals surface area contributed by atoms with Crippen molar-refractivity contribution in [2.75, 3.05) is 0 Å². The van der Waals surface area contributed by atoms with Gasteiger partial charge in [-0.25, -0.2) is 0 Å². The summed E-state index contributed by atoms with van der Waals surface area (Å²) in [6, 6.07) is 9.03. The van der Waals surface area contributed by atoms with Crippen molar-refractivity contribution in [2.24, 2.45) is 5.73 Å². The van der Waals surface area contributed by atoms with Crippen molar-refractivity contribution in [2.45, 2.75) is 43.4 Å². The zero-order valence-corrected chi connectivity index (χ0v) is 13.4. The van der Waals surface area contributed by atoms with Crippen LogP contribution >= 0.6 is 23.1 Å². The minimum absolute atomic E-state index is 0.195. The van der Waals surface area contributed by atoms with Crippen molar-refractivity contribution >= 4 is 23.1 Å². The second-order valence-corrected chi connectivity index (χ2v) is 6.90. The number of hydrogen-bond acceptors (Lipinski definition) is 3. The van der Waals surface area contributed by atoms with E-state index in [-0.39, 0.29) is 6.04 Å². The molecule has 1 nitrogen and oxygen atoms in total. The molecule has 0 aliphatic carbocycles. The first-order valence-corrected chi connectivity index (χ1v) is 8.45. The molecule has 2 rings (SSSR count). The maximum atomic E-state index is 6.32. The van der Waals surface area contributed by atoms with Gasteiger partial charge in [-0.2, -0.15) is 11.3 Å². The van der Waals surface area contributed by atoms with E-state index in [1.807, 2.05) is 11.8 Å². The summed E-state index contributed by atoms with van der Waals surface area (Å²) in [5.41, 5.74) is 10.3. The van der Waals surface area contributed by atoms with Gasteiger partial charge in [-0.1, -0.05) is 24.6 Å². The number of thiophene rings is 1. The lowest BCUT2D eigenvalue weighted by Gasteiger charge is -2.22. The van der Waals surface area contributed by atoms with E-state index in [1.54, 1.807) is 11.3 Å². The third-order valence-corrected chi connectivity index (χ3v) is 5.61. The van der Waals surface area contributed by atoms with Crippen molar-refractivity contribution in [1.82, 2.24) is 0 Å². The van der Waals surface area contributed by atoms with Crippen LogP contribution in [-0.4, -0.2) is 6.04 Å². The SMILES string of the molecule is CCC(N)C(Sc1ccc(C)cc1C)c1ccsc1. The van der Waals surface area contributed by atoms with Crippen LogP contribution in [0.5, 0.6) is 0 Å². The fourth-order valence-electron chi connectivity index (χ4n) is 2.12. The van der Waals surface area contributed by atoms with Crippen LogP contribution in [0.25, 0.3) is 0 Å². The Balaban J connectivity index is 2.25. The molecule has 2 unspecified atom stereocenters. The Kier molecular flexibility index (Phi) is 5.08. The molecular formula is C16H21NS2. The van der Waals surface area contributed by atoms with Crippen LogP contribution in [0.3, 0.4) is 0 Å². The van der Waals surface area contributed by atoms with E-state index >= 15 is 0 Å². The lowest BCUT2D eigenvalue weighted by atomic mass is 10.1. The average molecular weight is 291 g/mol. The molecule has 0 amide bonds. The van der Waals surface area contributed by atoms with E-state index in [2.05, 4.69) is 55.8 Å². The van der Waals surface area contributed by atoms with Crippen molar-refractivity contribution < 1.29 is 0 Å². The van der Waals surface area contributed by atoms with Gasteiger partial charge in [-0.15, -0.1) is 11.8 Å². The molecule has 102 valence electrons. The van der Waals surface area contributed by atoms with E-state index < -0.39 is 0 Å². The molecule has 2 N–H and O–H groups in total. The van der Waals surface area contributed by atoms with Gasteiger partial charge in [-0.05, 0) is 54.3 Å². The predicted molar refractivity (Wildman–Crippen MR) is 87.1 cm³/mol. The van der Waals surface area contributed by atoms with Crippen LogP contribution in [0.2, 0.25) is 0 Å². The van der Waals surface area contributed by atoms with E-state index in [0.717, 1.165) is 6.42 Å². The summed E-state index contributed by atoms with van der Waals surface area (Å²) < 4.78 is 0. The maximum absolute atomic E-state index is 6.32. The fraction of sp³-hybridized carbons (Fsp3) is 0.375. The minimum Gasteiger partial charge on any atom is -0.326 e. The minimum atomic E-state index is 0.195. The molecule has 0 fully saturated rings. The van der Waals surface area contributed by atoms with Gasteiger partial charge in [0.25, 0.3) is 0 Å². The summed E-state index contributed by atoms with van der Waals surface area (Å²) in [4.78, 5) is 1.34. The summed E-state index contributed by atoms with van der Waals surface area (Å²) in [6.07, 6.45) is 0.998. The van der Waals surface area contributed by atoms with Crippen LogP contribution in [0.15, 0.2) is 39.9 Å². The van der Waals surface area contributed by atoms with Gasteiger partial charge in [0.2, 0.25) is 0 Å². The van der Waals surface area contributed by atoms with Gasteiger partial charge in [-0.3, -0.25) is 0 Å². The number of rotatable bonds is 5. The summed E-state index contributed by atoms with van der Waals surface area (Å²) in [6.45, 7) is 6.47. The number of hydrogen-bond donors (Lipinski definition) is 1. The Hall–Kier alpha value is -0.770. The largest absolute Gasteiger partial charge is 0.326 e. The quantitative estimate of drug-likeness (QED) is 0.790. The fourth-order valence-corrected chi connectivity index (χ4v) is 4.22. The zero-order chi connectivity index (χ0) is 13.8. The van der Waals surface area contributed by atoms with Crippen LogP contribution < -0.4 is 5.73 Å². The Bertz CT molecular complexity index is 520. The van der Waals surface area contributed by atoms with Crippen molar-refractivity contribution in [1.29, 1.82) is 0 Å². The molecule has 2 aromatic rings. The van der Waals surface area contributed by atoms with Gasteiger partial charge < -0.3 is 5.73 Å². The number of thioether (sulfide) groups is 1. The lowest BCUT2D eigenvalue weighted by molar-refractivity contribution is 0.635. The molecule has 0 radical (unpaired) electrons. The Morgan fingerprint density at radius 2 is 2.05 bits per heavy atom. The third kappa shape index (κ3) is 3.62. The molecule has 1 aromatic heterocycles. The van der Waals surface area contributed by atoms with E-state index in [1.165, 1.54) is 21.6 Å². The first-order valence-electron chi connectivity index (χ1n) is 6.63. The summed E-state index contributed by atoms with van der Waals surface area (Å²) in [5.74, 6) is 0. The maximum Gasteiger partial charge on any atom is 0.0503 e. The summed E-state index contributed by atoms with van der Waals surface area (Å²) in [7, 11) is 0. The van der Waals surface area contributed by atoms with Crippen molar-refractivity contribution in [3.8, 4) is 0 Å². The van der Waals surface area contributed by atoms with Gasteiger partial charge in [0.1, 0.15) is 0 Å². The summed E-state index contributed by atoms with van der Waals surface area (Å²) in [5, 5.41) is 4.70. The Morgan fingerprint density at radius 3 is 2.63 bits per heavy atom. The van der Waals surface area contributed by atoms with E-state index in [9.17, 15) is 0 Å². The Labute approximate surface area is 124 Å². The molecule has 1 aromatic carbocycles. The molecular weight excluding hydrogens is 270 g/mol. The zero-order valence-electron chi connectivity index (χ0n) is 11.7. The predicted octanol–water partition coefficient (Wildman–Crippen LogP) is 4.94. The smallest absolute Gasteiger partial charge is 0.0503 e. The van der Waals surface area contributed by atoms with Crippen LogP contribution in [0, 0.1) is 13.8 Å². The first kappa shape index (κ1) is 14.6. The molecule has 3 heteroatoms. The molecule has 1 heterocycles. The molecule has 0 aliphatic rings. The summed E-state index contributed by atoms with van der Waals surface area (Å²) >= 11 is 3.64. The molecule has 0 spiro atoms. The second-order valence-electron chi connectivity index (χ2n) is 4.94. The van der Waals surface area contributed by atoms with E-state index in [0.29, 0.717) is 5.25 Å². The monoisotopic (exact) mass is 291 g/mol. The molecule has 0 bridgehead atoms.